The normalized spacial score (nSPS) is 14.5. The van der Waals surface area contributed by atoms with E-state index in [0.29, 0.717) is 6.42 Å². The number of rotatable bonds is 8. The van der Waals surface area contributed by atoms with Crippen molar-refractivity contribution < 1.29 is 9.90 Å². The van der Waals surface area contributed by atoms with Crippen LogP contribution in [0, 0.1) is 0 Å². The molecule has 0 aliphatic heterocycles. The van der Waals surface area contributed by atoms with Gasteiger partial charge >= 0.3 is 5.97 Å². The minimum absolute atomic E-state index is 0.473. The minimum Gasteiger partial charge on any atom is -0.481 e. The van der Waals surface area contributed by atoms with Crippen LogP contribution in [0.5, 0.6) is 0 Å². The first-order valence-electron chi connectivity index (χ1n) is 9.11. The highest BCUT2D eigenvalue weighted by Crippen LogP contribution is 2.34. The number of hydrogen-bond donors (Lipinski definition) is 1. The Morgan fingerprint density at radius 2 is 2.00 bits per heavy atom. The molecule has 1 aliphatic carbocycles. The van der Waals surface area contributed by atoms with Crippen molar-refractivity contribution in [3.05, 3.63) is 47.3 Å². The van der Waals surface area contributed by atoms with Gasteiger partial charge in [0, 0.05) is 5.69 Å². The fourth-order valence-electron chi connectivity index (χ4n) is 3.68. The zero-order valence-corrected chi connectivity index (χ0v) is 14.4. The molecule has 0 amide bonds. The molecule has 1 aromatic carbocycles. The molecule has 1 atom stereocenters. The third kappa shape index (κ3) is 3.37. The summed E-state index contributed by atoms with van der Waals surface area (Å²) in [6, 6.07) is 10.1. The fraction of sp³-hybridized carbons (Fsp3) is 0.500. The summed E-state index contributed by atoms with van der Waals surface area (Å²) in [6.07, 6.45) is 8.11. The van der Waals surface area contributed by atoms with Gasteiger partial charge in [-0.15, -0.1) is 0 Å². The highest BCUT2D eigenvalue weighted by molar-refractivity contribution is 5.76. The molecule has 1 heterocycles. The van der Waals surface area contributed by atoms with Crippen LogP contribution in [0.25, 0.3) is 5.69 Å². The van der Waals surface area contributed by atoms with Gasteiger partial charge in [-0.1, -0.05) is 50.8 Å². The van der Waals surface area contributed by atoms with Crippen LogP contribution in [-0.4, -0.2) is 20.9 Å². The van der Waals surface area contributed by atoms with Gasteiger partial charge in [-0.05, 0) is 43.4 Å². The van der Waals surface area contributed by atoms with Crippen LogP contribution < -0.4 is 0 Å². The van der Waals surface area contributed by atoms with E-state index >= 15 is 0 Å². The molecule has 1 aliphatic rings. The fourth-order valence-corrected chi connectivity index (χ4v) is 3.68. The zero-order valence-electron chi connectivity index (χ0n) is 14.4. The largest absolute Gasteiger partial charge is 0.481 e. The molecule has 128 valence electrons. The van der Waals surface area contributed by atoms with Crippen molar-refractivity contribution in [3.63, 3.8) is 0 Å². The lowest BCUT2D eigenvalue weighted by Crippen LogP contribution is -2.14. The molecule has 4 heteroatoms. The van der Waals surface area contributed by atoms with Crippen molar-refractivity contribution in [2.75, 3.05) is 0 Å². The maximum atomic E-state index is 11.9. The van der Waals surface area contributed by atoms with Crippen molar-refractivity contribution in [1.82, 2.24) is 9.78 Å². The lowest BCUT2D eigenvalue weighted by Gasteiger charge is -2.11. The average Bonchev–Trinajstić information content (AvgIpc) is 3.18. The second-order valence-corrected chi connectivity index (χ2v) is 6.65. The molecule has 0 fully saturated rings. The van der Waals surface area contributed by atoms with Crippen molar-refractivity contribution >= 4 is 5.97 Å². The number of carboxylic acids is 1. The van der Waals surface area contributed by atoms with Crippen LogP contribution in [0.3, 0.4) is 0 Å². The molecule has 1 N–H and O–H groups in total. The third-order valence-electron chi connectivity index (χ3n) is 4.94. The average molecular weight is 326 g/mol. The van der Waals surface area contributed by atoms with Gasteiger partial charge in [0.2, 0.25) is 0 Å². The summed E-state index contributed by atoms with van der Waals surface area (Å²) in [7, 11) is 0. The lowest BCUT2D eigenvalue weighted by molar-refractivity contribution is -0.139. The van der Waals surface area contributed by atoms with Crippen LogP contribution in [0.2, 0.25) is 0 Å². The van der Waals surface area contributed by atoms with Gasteiger partial charge in [-0.25, -0.2) is 4.68 Å². The van der Waals surface area contributed by atoms with Crippen LogP contribution in [0.4, 0.5) is 0 Å². The molecule has 0 bridgehead atoms. The Labute approximate surface area is 143 Å². The molecule has 3 rings (SSSR count). The minimum atomic E-state index is -0.737. The molecule has 24 heavy (non-hydrogen) atoms. The maximum Gasteiger partial charge on any atom is 0.312 e. The summed E-state index contributed by atoms with van der Waals surface area (Å²) >= 11 is 0. The second-order valence-electron chi connectivity index (χ2n) is 6.65. The summed E-state index contributed by atoms with van der Waals surface area (Å²) in [5.74, 6) is -1.21. The first kappa shape index (κ1) is 16.7. The highest BCUT2D eigenvalue weighted by atomic mass is 16.4. The number of fused-ring (bicyclic) bond motifs is 1. The number of carboxylic acid groups (broad SMARTS) is 1. The molecule has 1 unspecified atom stereocenters. The molecular weight excluding hydrogens is 300 g/mol. The van der Waals surface area contributed by atoms with Crippen LogP contribution in [-0.2, 0) is 17.6 Å². The standard InChI is InChI=1S/C20H26N2O2/c1-2-3-4-8-12-17(20(23)24)19-16-13-9-14-18(16)22(21-19)15-10-6-5-7-11-15/h5-7,10-11,17H,2-4,8-9,12-14H2,1H3,(H,23,24). The van der Waals surface area contributed by atoms with E-state index in [-0.39, 0.29) is 0 Å². The Kier molecular flexibility index (Phi) is 5.34. The summed E-state index contributed by atoms with van der Waals surface area (Å²) in [5.41, 5.74) is 4.21. The molecule has 0 spiro atoms. The Morgan fingerprint density at radius 3 is 2.71 bits per heavy atom. The number of aromatic nitrogens is 2. The third-order valence-corrected chi connectivity index (χ3v) is 4.94. The number of aliphatic carboxylic acids is 1. The molecule has 0 saturated heterocycles. The van der Waals surface area contributed by atoms with Gasteiger partial charge in [0.15, 0.2) is 0 Å². The molecule has 1 aromatic heterocycles. The van der Waals surface area contributed by atoms with E-state index in [9.17, 15) is 9.90 Å². The van der Waals surface area contributed by atoms with Gasteiger partial charge in [0.25, 0.3) is 0 Å². The SMILES string of the molecule is CCCCCCC(C(=O)O)c1nn(-c2ccccc2)c2c1CCC2. The second kappa shape index (κ2) is 7.65. The number of nitrogens with zero attached hydrogens (tertiary/aromatic N) is 2. The predicted molar refractivity (Wildman–Crippen MR) is 94.7 cm³/mol. The number of para-hydroxylation sites is 1. The van der Waals surface area contributed by atoms with Crippen molar-refractivity contribution in [1.29, 1.82) is 0 Å². The zero-order chi connectivity index (χ0) is 16.9. The van der Waals surface area contributed by atoms with E-state index in [1.165, 1.54) is 17.7 Å². The molecule has 0 radical (unpaired) electrons. The van der Waals surface area contributed by atoms with E-state index in [1.54, 1.807) is 0 Å². The number of benzene rings is 1. The number of hydrogen-bond acceptors (Lipinski definition) is 2. The van der Waals surface area contributed by atoms with Crippen LogP contribution in [0.1, 0.15) is 68.3 Å². The smallest absolute Gasteiger partial charge is 0.312 e. The Morgan fingerprint density at radius 1 is 1.21 bits per heavy atom. The maximum absolute atomic E-state index is 11.9. The molecule has 2 aromatic rings. The van der Waals surface area contributed by atoms with Gasteiger partial charge in [0.05, 0.1) is 11.4 Å². The first-order valence-corrected chi connectivity index (χ1v) is 9.11. The number of carbonyl (C=O) groups is 1. The van der Waals surface area contributed by atoms with E-state index in [4.69, 9.17) is 5.10 Å². The summed E-state index contributed by atoms with van der Waals surface area (Å²) in [4.78, 5) is 11.9. The first-order chi connectivity index (χ1) is 11.7. The highest BCUT2D eigenvalue weighted by Gasteiger charge is 2.31. The summed E-state index contributed by atoms with van der Waals surface area (Å²) < 4.78 is 1.97. The van der Waals surface area contributed by atoms with Crippen molar-refractivity contribution in [3.8, 4) is 5.69 Å². The van der Waals surface area contributed by atoms with Gasteiger partial charge in [0.1, 0.15) is 5.92 Å². The lowest BCUT2D eigenvalue weighted by atomic mass is 9.94. The Balaban J connectivity index is 1.90. The monoisotopic (exact) mass is 326 g/mol. The predicted octanol–water partition coefficient (Wildman–Crippen LogP) is 4.50. The number of unbranched alkanes of at least 4 members (excludes halogenated alkanes) is 3. The van der Waals surface area contributed by atoms with Crippen LogP contribution >= 0.6 is 0 Å². The molecule has 4 nitrogen and oxygen atoms in total. The quantitative estimate of drug-likeness (QED) is 0.727. The van der Waals surface area contributed by atoms with Gasteiger partial charge in [-0.2, -0.15) is 5.10 Å². The topological polar surface area (TPSA) is 55.1 Å². The molecular formula is C20H26N2O2. The van der Waals surface area contributed by atoms with E-state index in [2.05, 4.69) is 6.92 Å². The van der Waals surface area contributed by atoms with Crippen molar-refractivity contribution in [2.45, 2.75) is 64.2 Å². The van der Waals surface area contributed by atoms with Gasteiger partial charge in [-0.3, -0.25) is 4.79 Å². The van der Waals surface area contributed by atoms with E-state index < -0.39 is 11.9 Å². The van der Waals surface area contributed by atoms with Crippen molar-refractivity contribution in [2.24, 2.45) is 0 Å². The van der Waals surface area contributed by atoms with Gasteiger partial charge < -0.3 is 5.11 Å². The summed E-state index contributed by atoms with van der Waals surface area (Å²) in [6.45, 7) is 2.17. The van der Waals surface area contributed by atoms with Crippen LogP contribution in [0.15, 0.2) is 30.3 Å². The summed E-state index contributed by atoms with van der Waals surface area (Å²) in [5, 5.41) is 14.5. The van der Waals surface area contributed by atoms with E-state index in [1.807, 2.05) is 35.0 Å². The Bertz CT molecular complexity index is 691. The molecule has 0 saturated carbocycles. The Hall–Kier alpha value is -2.10. The van der Waals surface area contributed by atoms with E-state index in [0.717, 1.165) is 49.9 Å².